The second-order valence-corrected chi connectivity index (χ2v) is 16.4. The van der Waals surface area contributed by atoms with Gasteiger partial charge in [0, 0.05) is 30.5 Å². The van der Waals surface area contributed by atoms with Gasteiger partial charge in [-0.1, -0.05) is 97.9 Å². The highest BCUT2D eigenvalue weighted by molar-refractivity contribution is 6.80. The number of benzene rings is 3. The fourth-order valence-electron chi connectivity index (χ4n) is 8.09. The van der Waals surface area contributed by atoms with Gasteiger partial charge in [0.2, 0.25) is 0 Å². The number of anilines is 1. The van der Waals surface area contributed by atoms with Gasteiger partial charge >= 0.3 is 0 Å². The number of hydrogen-bond acceptors (Lipinski definition) is 5. The summed E-state index contributed by atoms with van der Waals surface area (Å²) in [7, 11) is -1.39. The Labute approximate surface area is 267 Å². The molecule has 0 N–H and O–H groups in total. The van der Waals surface area contributed by atoms with Crippen molar-refractivity contribution >= 4 is 30.7 Å². The molecular weight excluding hydrogens is 573 g/mol. The summed E-state index contributed by atoms with van der Waals surface area (Å²) in [5.74, 6) is 0.802. The first-order chi connectivity index (χ1) is 21.7. The summed E-state index contributed by atoms with van der Waals surface area (Å²) < 4.78 is 15.8. The van der Waals surface area contributed by atoms with Crippen LogP contribution < -0.4 is 15.3 Å². The van der Waals surface area contributed by atoms with Gasteiger partial charge in [0.05, 0.1) is 17.5 Å². The zero-order valence-electron chi connectivity index (χ0n) is 26.7. The van der Waals surface area contributed by atoms with Crippen molar-refractivity contribution in [3.63, 3.8) is 0 Å². The van der Waals surface area contributed by atoms with Crippen LogP contribution >= 0.6 is 0 Å². The molecule has 0 spiro atoms. The van der Waals surface area contributed by atoms with E-state index in [1.54, 1.807) is 0 Å². The fraction of sp³-hybridized carbons (Fsp3) is 0.368. The lowest BCUT2D eigenvalue weighted by Gasteiger charge is -2.46. The van der Waals surface area contributed by atoms with Crippen LogP contribution in [0.25, 0.3) is 5.65 Å². The second kappa shape index (κ2) is 10.4. The standard InChI is InChI=1S/C38H41N4O2Si/c1-28-22-30(41-21-20-36(4,26-41)29-14-8-5-9-15-29)23-42-33(28)39-34(40-42)38-24-37(25-38,35(2,3)44-38)27-43-45(31-16-10-6-11-17-31)32-18-12-7-13-19-32/h5-19,22-23H,20-21,24-27H2,1-4H3/t36-,37?,38?/m0/s1. The fourth-order valence-corrected chi connectivity index (χ4v) is 10.2. The molecular formula is C38H41N4O2Si. The smallest absolute Gasteiger partial charge is 0.282 e. The van der Waals surface area contributed by atoms with Crippen molar-refractivity contribution in [2.24, 2.45) is 5.41 Å². The lowest BCUT2D eigenvalue weighted by atomic mass is 9.57. The number of nitrogens with zero attached hydrogens (tertiary/aromatic N) is 4. The number of ether oxygens (including phenoxy) is 1. The van der Waals surface area contributed by atoms with Gasteiger partial charge in [-0.05, 0) is 67.6 Å². The van der Waals surface area contributed by atoms with E-state index in [9.17, 15) is 0 Å². The molecule has 2 bridgehead atoms. The highest BCUT2D eigenvalue weighted by Crippen LogP contribution is 2.70. The Kier molecular flexibility index (Phi) is 6.61. The van der Waals surface area contributed by atoms with Crippen LogP contribution in [0.1, 0.15) is 57.0 Å². The molecule has 5 heterocycles. The molecule has 1 atom stereocenters. The highest BCUT2D eigenvalue weighted by Gasteiger charge is 2.73. The van der Waals surface area contributed by atoms with E-state index in [-0.39, 0.29) is 16.4 Å². The Morgan fingerprint density at radius 1 is 0.867 bits per heavy atom. The van der Waals surface area contributed by atoms with Gasteiger partial charge in [-0.2, -0.15) is 0 Å². The molecule has 4 aliphatic rings. The van der Waals surface area contributed by atoms with Gasteiger partial charge in [-0.25, -0.2) is 9.50 Å². The molecule has 3 aromatic carbocycles. The van der Waals surface area contributed by atoms with Crippen molar-refractivity contribution in [1.29, 1.82) is 0 Å². The Bertz CT molecular complexity index is 1800. The molecule has 9 rings (SSSR count). The maximum Gasteiger partial charge on any atom is 0.282 e. The molecule has 5 aromatic rings. The van der Waals surface area contributed by atoms with E-state index in [0.29, 0.717) is 6.61 Å². The lowest BCUT2D eigenvalue weighted by Crippen LogP contribution is -2.53. The third-order valence-electron chi connectivity index (χ3n) is 10.9. The molecule has 1 aliphatic carbocycles. The molecule has 45 heavy (non-hydrogen) atoms. The Morgan fingerprint density at radius 2 is 1.49 bits per heavy atom. The quantitative estimate of drug-likeness (QED) is 0.207. The van der Waals surface area contributed by atoms with E-state index in [0.717, 1.165) is 49.4 Å². The number of aromatic nitrogens is 3. The lowest BCUT2D eigenvalue weighted by molar-refractivity contribution is -0.0659. The zero-order valence-corrected chi connectivity index (χ0v) is 27.7. The summed E-state index contributed by atoms with van der Waals surface area (Å²) >= 11 is 0. The van der Waals surface area contributed by atoms with Gasteiger partial charge in [0.15, 0.2) is 11.5 Å². The zero-order chi connectivity index (χ0) is 30.9. The van der Waals surface area contributed by atoms with E-state index in [2.05, 4.69) is 136 Å². The highest BCUT2D eigenvalue weighted by atomic mass is 28.3. The van der Waals surface area contributed by atoms with Crippen molar-refractivity contribution < 1.29 is 9.16 Å². The summed E-state index contributed by atoms with van der Waals surface area (Å²) in [6.45, 7) is 11.6. The van der Waals surface area contributed by atoms with Crippen molar-refractivity contribution in [3.8, 4) is 0 Å². The van der Waals surface area contributed by atoms with Crippen LogP contribution in [0.4, 0.5) is 5.69 Å². The maximum atomic E-state index is 6.93. The molecule has 3 aliphatic heterocycles. The molecule has 229 valence electrons. The Morgan fingerprint density at radius 3 is 2.13 bits per heavy atom. The van der Waals surface area contributed by atoms with Crippen molar-refractivity contribution in [2.45, 2.75) is 63.6 Å². The van der Waals surface area contributed by atoms with E-state index in [1.165, 1.54) is 21.6 Å². The van der Waals surface area contributed by atoms with Crippen LogP contribution in [0, 0.1) is 12.3 Å². The van der Waals surface area contributed by atoms with Crippen LogP contribution in [0.5, 0.6) is 0 Å². The van der Waals surface area contributed by atoms with Crippen LogP contribution in [0.15, 0.2) is 103 Å². The van der Waals surface area contributed by atoms with Gasteiger partial charge < -0.3 is 14.1 Å². The third-order valence-corrected chi connectivity index (χ3v) is 13.0. The van der Waals surface area contributed by atoms with Crippen LogP contribution in [-0.2, 0) is 20.2 Å². The van der Waals surface area contributed by atoms with E-state index in [1.807, 2.05) is 4.52 Å². The van der Waals surface area contributed by atoms with Crippen LogP contribution in [0.3, 0.4) is 0 Å². The number of aryl methyl sites for hydroxylation is 1. The normalized spacial score (nSPS) is 26.9. The predicted octanol–water partition coefficient (Wildman–Crippen LogP) is 5.81. The first-order valence-electron chi connectivity index (χ1n) is 16.2. The molecule has 2 aromatic heterocycles. The van der Waals surface area contributed by atoms with Gasteiger partial charge in [0.1, 0.15) is 5.60 Å². The van der Waals surface area contributed by atoms with Crippen LogP contribution in [0.2, 0.25) is 0 Å². The number of pyridine rings is 1. The molecule has 7 heteroatoms. The molecule has 0 unspecified atom stereocenters. The van der Waals surface area contributed by atoms with Gasteiger partial charge in [-0.15, -0.1) is 5.10 Å². The summed E-state index contributed by atoms with van der Waals surface area (Å²) in [5, 5.41) is 7.63. The monoisotopic (exact) mass is 613 g/mol. The predicted molar refractivity (Wildman–Crippen MR) is 181 cm³/mol. The molecule has 1 saturated carbocycles. The van der Waals surface area contributed by atoms with Gasteiger partial charge in [-0.3, -0.25) is 0 Å². The first-order valence-corrected chi connectivity index (χ1v) is 17.6. The molecule has 4 fully saturated rings. The second-order valence-electron chi connectivity index (χ2n) is 14.3. The van der Waals surface area contributed by atoms with Crippen LogP contribution in [-0.4, -0.2) is 48.9 Å². The summed E-state index contributed by atoms with van der Waals surface area (Å²) in [6.07, 6.45) is 5.03. The minimum absolute atomic E-state index is 0.0817. The molecule has 0 amide bonds. The number of hydrogen-bond donors (Lipinski definition) is 0. The first kappa shape index (κ1) is 28.7. The molecule has 3 saturated heterocycles. The summed E-state index contributed by atoms with van der Waals surface area (Å²) in [5.41, 5.74) is 3.90. The topological polar surface area (TPSA) is 51.9 Å². The summed E-state index contributed by atoms with van der Waals surface area (Å²) in [6, 6.07) is 34.5. The average Bonchev–Trinajstić information content (AvgIpc) is 3.76. The minimum Gasteiger partial charge on any atom is -0.407 e. The molecule has 1 radical (unpaired) electrons. The Balaban J connectivity index is 1.03. The third kappa shape index (κ3) is 4.66. The van der Waals surface area contributed by atoms with E-state index >= 15 is 0 Å². The Hall–Kier alpha value is -3.78. The van der Waals surface area contributed by atoms with Crippen molar-refractivity contribution in [1.82, 2.24) is 14.6 Å². The van der Waals surface area contributed by atoms with E-state index < -0.39 is 14.6 Å². The molecule has 6 nitrogen and oxygen atoms in total. The average molecular weight is 614 g/mol. The van der Waals surface area contributed by atoms with E-state index in [4.69, 9.17) is 19.2 Å². The SMILES string of the molecule is Cc1cc(N2CC[C@](C)(c3ccccc3)C2)cn2nc(C34CC(CO[Si](c5ccccc5)c5ccccc5)(C3)C(C)(C)O4)nc12. The number of fused-ring (bicyclic) bond motifs is 2. The maximum absolute atomic E-state index is 6.93. The van der Waals surface area contributed by atoms with Crippen molar-refractivity contribution in [3.05, 3.63) is 120 Å². The summed E-state index contributed by atoms with van der Waals surface area (Å²) in [4.78, 5) is 7.61. The van der Waals surface area contributed by atoms with Gasteiger partial charge in [0.25, 0.3) is 9.04 Å². The minimum atomic E-state index is -1.39. The number of rotatable bonds is 8. The largest absolute Gasteiger partial charge is 0.407 e. The van der Waals surface area contributed by atoms with Crippen molar-refractivity contribution in [2.75, 3.05) is 24.6 Å².